The molecule has 0 aromatic carbocycles. The Morgan fingerprint density at radius 2 is 2.36 bits per heavy atom. The van der Waals surface area contributed by atoms with Gasteiger partial charge in [-0.05, 0) is 43.7 Å². The molecule has 0 N–H and O–H groups in total. The van der Waals surface area contributed by atoms with Crippen molar-refractivity contribution < 1.29 is 9.32 Å². The highest BCUT2D eigenvalue weighted by Gasteiger charge is 2.35. The molecule has 1 aliphatic heterocycles. The monoisotopic (exact) mass is 317 g/mol. The van der Waals surface area contributed by atoms with Gasteiger partial charge in [-0.1, -0.05) is 12.1 Å². The normalized spacial score (nSPS) is 20.6. The molecular formula is C16H19N3O2S. The van der Waals surface area contributed by atoms with E-state index in [0.29, 0.717) is 11.7 Å². The van der Waals surface area contributed by atoms with Gasteiger partial charge in [-0.3, -0.25) is 4.79 Å². The average molecular weight is 317 g/mol. The van der Waals surface area contributed by atoms with Crippen molar-refractivity contribution in [3.8, 4) is 0 Å². The van der Waals surface area contributed by atoms with Crippen LogP contribution >= 0.6 is 11.3 Å². The number of carbonyl (C=O) groups is 1. The van der Waals surface area contributed by atoms with Crippen LogP contribution < -0.4 is 0 Å². The van der Waals surface area contributed by atoms with Gasteiger partial charge < -0.3 is 9.42 Å². The summed E-state index contributed by atoms with van der Waals surface area (Å²) in [5.74, 6) is 1.43. The second kappa shape index (κ2) is 5.50. The molecule has 0 bridgehead atoms. The summed E-state index contributed by atoms with van der Waals surface area (Å²) < 4.78 is 5.21. The lowest BCUT2D eigenvalue weighted by molar-refractivity contribution is 0.0733. The average Bonchev–Trinajstić information content (AvgIpc) is 3.26. The van der Waals surface area contributed by atoms with E-state index >= 15 is 0 Å². The highest BCUT2D eigenvalue weighted by atomic mass is 32.1. The van der Waals surface area contributed by atoms with Crippen molar-refractivity contribution in [3.05, 3.63) is 33.1 Å². The number of carbonyl (C=O) groups excluding carboxylic acids is 1. The van der Waals surface area contributed by atoms with Crippen LogP contribution in [0.4, 0.5) is 0 Å². The van der Waals surface area contributed by atoms with Gasteiger partial charge in [0.1, 0.15) is 0 Å². The number of aromatic nitrogens is 2. The lowest BCUT2D eigenvalue weighted by Crippen LogP contribution is -2.30. The number of aryl methyl sites for hydroxylation is 3. The molecule has 0 spiro atoms. The standard InChI is InChI=1S/C16H19N3O2S/c1-2-14-17-15(18-21-14)11-6-4-8-19(11)16(20)13-9-10-5-3-7-12(10)22-13/h9,11H,2-8H2,1H3/t11-/m0/s1. The summed E-state index contributed by atoms with van der Waals surface area (Å²) in [4.78, 5) is 21.5. The third kappa shape index (κ3) is 2.26. The zero-order valence-corrected chi connectivity index (χ0v) is 13.5. The Kier molecular flexibility index (Phi) is 3.48. The van der Waals surface area contributed by atoms with Gasteiger partial charge in [0, 0.05) is 17.8 Å². The molecule has 22 heavy (non-hydrogen) atoms. The molecule has 2 aromatic heterocycles. The van der Waals surface area contributed by atoms with Gasteiger partial charge in [0.05, 0.1) is 10.9 Å². The van der Waals surface area contributed by atoms with E-state index in [-0.39, 0.29) is 11.9 Å². The van der Waals surface area contributed by atoms with E-state index in [9.17, 15) is 4.79 Å². The predicted octanol–water partition coefficient (Wildman–Crippen LogP) is 3.16. The van der Waals surface area contributed by atoms with Crippen LogP contribution in [0.15, 0.2) is 10.6 Å². The molecule has 2 aromatic rings. The van der Waals surface area contributed by atoms with Crippen molar-refractivity contribution in [3.63, 3.8) is 0 Å². The van der Waals surface area contributed by atoms with Gasteiger partial charge in [-0.15, -0.1) is 11.3 Å². The Morgan fingerprint density at radius 3 is 3.14 bits per heavy atom. The smallest absolute Gasteiger partial charge is 0.264 e. The van der Waals surface area contributed by atoms with Gasteiger partial charge in [0.15, 0.2) is 5.82 Å². The van der Waals surface area contributed by atoms with Crippen molar-refractivity contribution in [2.24, 2.45) is 0 Å². The Bertz CT molecular complexity index is 685. The molecule has 1 amide bonds. The van der Waals surface area contributed by atoms with Gasteiger partial charge in [-0.25, -0.2) is 0 Å². The van der Waals surface area contributed by atoms with E-state index in [1.165, 1.54) is 16.9 Å². The number of rotatable bonds is 3. The highest BCUT2D eigenvalue weighted by molar-refractivity contribution is 7.14. The van der Waals surface area contributed by atoms with E-state index in [0.717, 1.165) is 43.5 Å². The Morgan fingerprint density at radius 1 is 1.45 bits per heavy atom. The molecule has 0 unspecified atom stereocenters. The Labute approximate surface area is 133 Å². The van der Waals surface area contributed by atoms with Gasteiger partial charge >= 0.3 is 0 Å². The molecule has 0 radical (unpaired) electrons. The molecule has 4 rings (SSSR count). The van der Waals surface area contributed by atoms with Crippen molar-refractivity contribution in [2.75, 3.05) is 6.54 Å². The zero-order chi connectivity index (χ0) is 15.1. The number of fused-ring (bicyclic) bond motifs is 1. The molecule has 5 nitrogen and oxygen atoms in total. The minimum Gasteiger partial charge on any atom is -0.339 e. The fraction of sp³-hybridized carbons (Fsp3) is 0.562. The first-order chi connectivity index (χ1) is 10.8. The Hall–Kier alpha value is -1.69. The summed E-state index contributed by atoms with van der Waals surface area (Å²) in [6.07, 6.45) is 6.11. The fourth-order valence-corrected chi connectivity index (χ4v) is 4.61. The third-order valence-corrected chi connectivity index (χ3v) is 5.78. The molecule has 0 saturated carbocycles. The van der Waals surface area contributed by atoms with Crippen molar-refractivity contribution in [1.29, 1.82) is 0 Å². The molecule has 1 aliphatic carbocycles. The molecule has 3 heterocycles. The van der Waals surface area contributed by atoms with E-state index in [4.69, 9.17) is 4.52 Å². The van der Waals surface area contributed by atoms with Crippen molar-refractivity contribution >= 4 is 17.2 Å². The van der Waals surface area contributed by atoms with Gasteiger partial charge in [-0.2, -0.15) is 4.98 Å². The minimum absolute atomic E-state index is 0.0338. The van der Waals surface area contributed by atoms with Crippen LogP contribution in [0.2, 0.25) is 0 Å². The highest BCUT2D eigenvalue weighted by Crippen LogP contribution is 2.35. The summed E-state index contributed by atoms with van der Waals surface area (Å²) in [6, 6.07) is 2.06. The first-order valence-corrected chi connectivity index (χ1v) is 8.83. The molecule has 6 heteroatoms. The second-order valence-corrected chi connectivity index (χ2v) is 7.11. The maximum absolute atomic E-state index is 12.9. The summed E-state index contributed by atoms with van der Waals surface area (Å²) in [5, 5.41) is 4.07. The first-order valence-electron chi connectivity index (χ1n) is 8.01. The number of nitrogens with zero attached hydrogens (tertiary/aromatic N) is 3. The Balaban J connectivity index is 1.58. The fourth-order valence-electron chi connectivity index (χ4n) is 3.40. The van der Waals surface area contributed by atoms with Crippen LogP contribution in [0.3, 0.4) is 0 Å². The molecule has 2 aliphatic rings. The van der Waals surface area contributed by atoms with Gasteiger partial charge in [0.25, 0.3) is 5.91 Å². The van der Waals surface area contributed by atoms with Crippen LogP contribution in [0, 0.1) is 0 Å². The van der Waals surface area contributed by atoms with Crippen LogP contribution in [-0.2, 0) is 19.3 Å². The maximum atomic E-state index is 12.9. The number of thiophene rings is 1. The number of likely N-dealkylation sites (tertiary alicyclic amines) is 1. The summed E-state index contributed by atoms with van der Waals surface area (Å²) in [7, 11) is 0. The minimum atomic E-state index is -0.0338. The first kappa shape index (κ1) is 13.9. The predicted molar refractivity (Wildman–Crippen MR) is 83.0 cm³/mol. The van der Waals surface area contributed by atoms with Crippen LogP contribution in [0.5, 0.6) is 0 Å². The van der Waals surface area contributed by atoms with Crippen molar-refractivity contribution in [2.45, 2.75) is 51.5 Å². The topological polar surface area (TPSA) is 59.2 Å². The largest absolute Gasteiger partial charge is 0.339 e. The molecule has 116 valence electrons. The number of hydrogen-bond donors (Lipinski definition) is 0. The molecule has 1 saturated heterocycles. The number of hydrogen-bond acceptors (Lipinski definition) is 5. The lowest BCUT2D eigenvalue weighted by atomic mass is 10.2. The van der Waals surface area contributed by atoms with E-state index in [1.54, 1.807) is 11.3 Å². The summed E-state index contributed by atoms with van der Waals surface area (Å²) in [6.45, 7) is 2.77. The molecule has 1 fully saturated rings. The third-order valence-electron chi connectivity index (χ3n) is 4.56. The quantitative estimate of drug-likeness (QED) is 0.872. The lowest BCUT2D eigenvalue weighted by Gasteiger charge is -2.21. The van der Waals surface area contributed by atoms with Crippen LogP contribution in [0.1, 0.15) is 64.1 Å². The molecule has 1 atom stereocenters. The number of amides is 1. The summed E-state index contributed by atoms with van der Waals surface area (Å²) >= 11 is 1.67. The SMILES string of the molecule is CCc1nc([C@@H]2CCCN2C(=O)c2cc3c(s2)CCC3)no1. The van der Waals surface area contributed by atoms with E-state index in [2.05, 4.69) is 16.2 Å². The zero-order valence-electron chi connectivity index (χ0n) is 12.7. The van der Waals surface area contributed by atoms with Gasteiger partial charge in [0.2, 0.25) is 5.89 Å². The van der Waals surface area contributed by atoms with Crippen LogP contribution in [0.25, 0.3) is 0 Å². The van der Waals surface area contributed by atoms with Crippen molar-refractivity contribution in [1.82, 2.24) is 15.0 Å². The van der Waals surface area contributed by atoms with Crippen LogP contribution in [-0.4, -0.2) is 27.5 Å². The van der Waals surface area contributed by atoms with E-state index in [1.807, 2.05) is 11.8 Å². The van der Waals surface area contributed by atoms with E-state index < -0.39 is 0 Å². The second-order valence-electron chi connectivity index (χ2n) is 5.97. The molecular weight excluding hydrogens is 298 g/mol. The summed E-state index contributed by atoms with van der Waals surface area (Å²) in [5.41, 5.74) is 1.37. The maximum Gasteiger partial charge on any atom is 0.264 e.